The van der Waals surface area contributed by atoms with E-state index in [0.717, 1.165) is 24.5 Å². The Morgan fingerprint density at radius 2 is 2.00 bits per heavy atom. The molecule has 2 unspecified atom stereocenters. The Balaban J connectivity index is 2.20. The summed E-state index contributed by atoms with van der Waals surface area (Å²) in [7, 11) is 1.74. The smallest absolute Gasteiger partial charge is 0.161 e. The number of methoxy groups -OCH3 is 1. The minimum atomic E-state index is 0.106. The third kappa shape index (κ3) is 3.39. The van der Waals surface area contributed by atoms with Crippen molar-refractivity contribution in [2.24, 2.45) is 0 Å². The lowest BCUT2D eigenvalue weighted by Crippen LogP contribution is -2.32. The Morgan fingerprint density at radius 1 is 1.26 bits per heavy atom. The highest BCUT2D eigenvalue weighted by Gasteiger charge is 2.21. The van der Waals surface area contributed by atoms with Gasteiger partial charge in [-0.3, -0.25) is 0 Å². The molecule has 0 saturated carbocycles. The van der Waals surface area contributed by atoms with Crippen LogP contribution in [0.15, 0.2) is 18.2 Å². The van der Waals surface area contributed by atoms with Gasteiger partial charge in [-0.15, -0.1) is 0 Å². The summed E-state index contributed by atoms with van der Waals surface area (Å²) < 4.78 is 16.7. The second kappa shape index (κ2) is 6.78. The molecule has 0 bridgehead atoms. The van der Waals surface area contributed by atoms with Gasteiger partial charge in [0, 0.05) is 7.11 Å². The summed E-state index contributed by atoms with van der Waals surface area (Å²) in [6, 6.07) is 6.28. The molecule has 0 fully saturated rings. The number of hydrogen-bond acceptors (Lipinski definition) is 4. The minimum absolute atomic E-state index is 0.106. The van der Waals surface area contributed by atoms with Crippen molar-refractivity contribution >= 4 is 0 Å². The predicted molar refractivity (Wildman–Crippen MR) is 74.9 cm³/mol. The van der Waals surface area contributed by atoms with Crippen LogP contribution in [-0.4, -0.2) is 33.0 Å². The molecule has 106 valence electrons. The van der Waals surface area contributed by atoms with E-state index in [9.17, 15) is 0 Å². The third-order valence-corrected chi connectivity index (χ3v) is 3.38. The number of nitrogens with one attached hydrogen (secondary N) is 1. The molecule has 4 nitrogen and oxygen atoms in total. The topological polar surface area (TPSA) is 39.7 Å². The third-order valence-electron chi connectivity index (χ3n) is 3.38. The predicted octanol–water partition coefficient (Wildman–Crippen LogP) is 2.53. The van der Waals surface area contributed by atoms with Crippen LogP contribution < -0.4 is 14.8 Å². The van der Waals surface area contributed by atoms with E-state index in [1.165, 1.54) is 5.56 Å². The quantitative estimate of drug-likeness (QED) is 0.858. The van der Waals surface area contributed by atoms with E-state index in [1.807, 2.05) is 6.07 Å². The molecule has 0 radical (unpaired) electrons. The summed E-state index contributed by atoms with van der Waals surface area (Å²) in [5, 5.41) is 3.52. The van der Waals surface area contributed by atoms with Crippen molar-refractivity contribution < 1.29 is 14.2 Å². The van der Waals surface area contributed by atoms with Crippen LogP contribution in [0, 0.1) is 0 Å². The largest absolute Gasteiger partial charge is 0.486 e. The highest BCUT2D eigenvalue weighted by molar-refractivity contribution is 5.44. The van der Waals surface area contributed by atoms with Crippen LogP contribution in [-0.2, 0) is 4.74 Å². The van der Waals surface area contributed by atoms with Crippen molar-refractivity contribution in [1.82, 2.24) is 5.32 Å². The van der Waals surface area contributed by atoms with Crippen LogP contribution in [0.25, 0.3) is 0 Å². The van der Waals surface area contributed by atoms with Gasteiger partial charge < -0.3 is 19.5 Å². The van der Waals surface area contributed by atoms with Gasteiger partial charge in [0.15, 0.2) is 11.5 Å². The average molecular weight is 265 g/mol. The molecule has 0 saturated heterocycles. The number of fused-ring (bicyclic) bond motifs is 1. The van der Waals surface area contributed by atoms with Crippen molar-refractivity contribution in [2.45, 2.75) is 32.4 Å². The van der Waals surface area contributed by atoms with E-state index < -0.39 is 0 Å². The molecule has 1 aliphatic rings. The van der Waals surface area contributed by atoms with Gasteiger partial charge in [0.05, 0.1) is 12.1 Å². The number of rotatable bonds is 6. The molecule has 0 aromatic heterocycles. The van der Waals surface area contributed by atoms with Gasteiger partial charge in [0.2, 0.25) is 0 Å². The van der Waals surface area contributed by atoms with Crippen LogP contribution in [0.2, 0.25) is 0 Å². The molecular weight excluding hydrogens is 242 g/mol. The maximum absolute atomic E-state index is 5.64. The zero-order valence-corrected chi connectivity index (χ0v) is 11.9. The first-order valence-electron chi connectivity index (χ1n) is 6.92. The lowest BCUT2D eigenvalue weighted by Gasteiger charge is -2.26. The Morgan fingerprint density at radius 3 is 2.68 bits per heavy atom. The summed E-state index contributed by atoms with van der Waals surface area (Å²) in [5.41, 5.74) is 1.17. The molecule has 2 atom stereocenters. The van der Waals surface area contributed by atoms with E-state index in [1.54, 1.807) is 7.11 Å². The summed E-state index contributed by atoms with van der Waals surface area (Å²) in [6.07, 6.45) is 1.20. The fraction of sp³-hybridized carbons (Fsp3) is 0.600. The summed E-state index contributed by atoms with van der Waals surface area (Å²) in [6.45, 7) is 6.43. The lowest BCUT2D eigenvalue weighted by atomic mass is 10.0. The SMILES string of the molecule is CCCNC(c1ccc2c(c1)OCCO2)C(C)OC. The van der Waals surface area contributed by atoms with E-state index in [4.69, 9.17) is 14.2 Å². The van der Waals surface area contributed by atoms with Crippen molar-refractivity contribution in [3.63, 3.8) is 0 Å². The summed E-state index contributed by atoms with van der Waals surface area (Å²) in [4.78, 5) is 0. The van der Waals surface area contributed by atoms with Gasteiger partial charge in [-0.2, -0.15) is 0 Å². The molecule has 0 amide bonds. The first-order chi connectivity index (χ1) is 9.26. The minimum Gasteiger partial charge on any atom is -0.486 e. The monoisotopic (exact) mass is 265 g/mol. The second-order valence-corrected chi connectivity index (χ2v) is 4.78. The Hall–Kier alpha value is -1.26. The van der Waals surface area contributed by atoms with Gasteiger partial charge in [-0.05, 0) is 37.6 Å². The number of ether oxygens (including phenoxy) is 3. The highest BCUT2D eigenvalue weighted by atomic mass is 16.6. The standard InChI is InChI=1S/C15H23NO3/c1-4-7-16-15(11(2)17-3)12-5-6-13-14(10-12)19-9-8-18-13/h5-6,10-11,15-16H,4,7-9H2,1-3H3. The summed E-state index contributed by atoms with van der Waals surface area (Å²) >= 11 is 0. The fourth-order valence-corrected chi connectivity index (χ4v) is 2.24. The van der Waals surface area contributed by atoms with Gasteiger partial charge in [0.25, 0.3) is 0 Å². The Bertz CT molecular complexity index is 408. The molecule has 0 spiro atoms. The zero-order valence-electron chi connectivity index (χ0n) is 11.9. The maximum atomic E-state index is 5.64. The van der Waals surface area contributed by atoms with E-state index in [2.05, 4.69) is 31.3 Å². The Kier molecular flexibility index (Phi) is 5.05. The lowest BCUT2D eigenvalue weighted by molar-refractivity contribution is 0.0827. The average Bonchev–Trinajstić information content (AvgIpc) is 2.47. The summed E-state index contributed by atoms with van der Waals surface area (Å²) in [5.74, 6) is 1.66. The van der Waals surface area contributed by atoms with Crippen molar-refractivity contribution in [3.05, 3.63) is 23.8 Å². The van der Waals surface area contributed by atoms with Crippen LogP contribution in [0.3, 0.4) is 0 Å². The van der Waals surface area contributed by atoms with Crippen molar-refractivity contribution in [3.8, 4) is 11.5 Å². The van der Waals surface area contributed by atoms with E-state index in [-0.39, 0.29) is 12.1 Å². The van der Waals surface area contributed by atoms with Crippen LogP contribution >= 0.6 is 0 Å². The molecule has 1 N–H and O–H groups in total. The molecule has 1 aromatic rings. The molecule has 0 aliphatic carbocycles. The first kappa shape index (κ1) is 14.2. The molecule has 1 aromatic carbocycles. The molecule has 4 heteroatoms. The van der Waals surface area contributed by atoms with Gasteiger partial charge in [-0.1, -0.05) is 13.0 Å². The molecule has 2 rings (SSSR count). The van der Waals surface area contributed by atoms with Gasteiger partial charge >= 0.3 is 0 Å². The Labute approximate surface area is 115 Å². The van der Waals surface area contributed by atoms with Crippen LogP contribution in [0.5, 0.6) is 11.5 Å². The van der Waals surface area contributed by atoms with E-state index >= 15 is 0 Å². The van der Waals surface area contributed by atoms with Gasteiger partial charge in [-0.25, -0.2) is 0 Å². The number of hydrogen-bond donors (Lipinski definition) is 1. The van der Waals surface area contributed by atoms with Crippen LogP contribution in [0.1, 0.15) is 31.9 Å². The van der Waals surface area contributed by atoms with Crippen molar-refractivity contribution in [1.29, 1.82) is 0 Å². The van der Waals surface area contributed by atoms with Crippen molar-refractivity contribution in [2.75, 3.05) is 26.9 Å². The van der Waals surface area contributed by atoms with E-state index in [0.29, 0.717) is 13.2 Å². The molecule has 1 aliphatic heterocycles. The van der Waals surface area contributed by atoms with Gasteiger partial charge in [0.1, 0.15) is 13.2 Å². The maximum Gasteiger partial charge on any atom is 0.161 e. The zero-order chi connectivity index (χ0) is 13.7. The first-order valence-corrected chi connectivity index (χ1v) is 6.92. The fourth-order valence-electron chi connectivity index (χ4n) is 2.24. The highest BCUT2D eigenvalue weighted by Crippen LogP contribution is 2.33. The molecule has 19 heavy (non-hydrogen) atoms. The molecular formula is C15H23NO3. The normalized spacial score (nSPS) is 17.0. The second-order valence-electron chi connectivity index (χ2n) is 4.78. The molecule has 1 heterocycles. The number of benzene rings is 1. The van der Waals surface area contributed by atoms with Crippen LogP contribution in [0.4, 0.5) is 0 Å².